The van der Waals surface area contributed by atoms with Crippen LogP contribution in [0.15, 0.2) is 48.5 Å². The maximum atomic E-state index is 12.3. The Balaban J connectivity index is 1.24. The van der Waals surface area contributed by atoms with E-state index in [0.29, 0.717) is 0 Å². The minimum absolute atomic E-state index is 0.193. The lowest BCUT2D eigenvalue weighted by Crippen LogP contribution is -2.48. The van der Waals surface area contributed by atoms with Gasteiger partial charge >= 0.3 is 0 Å². The third-order valence-corrected chi connectivity index (χ3v) is 6.38. The van der Waals surface area contributed by atoms with Gasteiger partial charge in [-0.3, -0.25) is 19.8 Å². The maximum Gasteiger partial charge on any atom is 0.260 e. The lowest BCUT2D eigenvalue weighted by molar-refractivity contribution is -0.169. The van der Waals surface area contributed by atoms with Crippen LogP contribution in [0.1, 0.15) is 24.0 Å². The van der Waals surface area contributed by atoms with E-state index in [-0.39, 0.29) is 19.0 Å². The zero-order valence-corrected chi connectivity index (χ0v) is 19.0. The van der Waals surface area contributed by atoms with E-state index in [9.17, 15) is 10.0 Å². The lowest BCUT2D eigenvalue weighted by atomic mass is 10.1. The third-order valence-electron chi connectivity index (χ3n) is 6.38. The van der Waals surface area contributed by atoms with Gasteiger partial charge in [0.15, 0.2) is 0 Å². The van der Waals surface area contributed by atoms with Crippen LogP contribution >= 0.6 is 0 Å². The summed E-state index contributed by atoms with van der Waals surface area (Å²) < 4.78 is 0. The summed E-state index contributed by atoms with van der Waals surface area (Å²) in [5.41, 5.74) is 4.27. The smallest absolute Gasteiger partial charge is 0.260 e. The van der Waals surface area contributed by atoms with Crippen molar-refractivity contribution in [3.05, 3.63) is 59.7 Å². The fourth-order valence-electron chi connectivity index (χ4n) is 4.29. The van der Waals surface area contributed by atoms with Crippen molar-refractivity contribution in [3.8, 4) is 0 Å². The van der Waals surface area contributed by atoms with Crippen LogP contribution in [0.3, 0.4) is 0 Å². The highest BCUT2D eigenvalue weighted by molar-refractivity contribution is 5.77. The Kier molecular flexibility index (Phi) is 7.76. The minimum atomic E-state index is -0.259. The van der Waals surface area contributed by atoms with Gasteiger partial charge in [-0.25, -0.2) is 5.06 Å². The van der Waals surface area contributed by atoms with Crippen molar-refractivity contribution >= 4 is 17.3 Å². The largest absolute Gasteiger partial charge is 0.356 e. The number of carbonyl (C=O) groups is 1. The molecule has 4 rings (SSSR count). The number of likely N-dealkylation sites (N-methyl/N-ethyl adjacent to an activating group) is 1. The molecule has 0 saturated carbocycles. The number of piperazine rings is 1. The molecule has 0 bridgehead atoms. The first-order valence-corrected chi connectivity index (χ1v) is 11.6. The third kappa shape index (κ3) is 6.53. The summed E-state index contributed by atoms with van der Waals surface area (Å²) in [5.74, 6) is -0.259. The zero-order chi connectivity index (χ0) is 22.3. The first-order chi connectivity index (χ1) is 15.5. The maximum absolute atomic E-state index is 12.3. The van der Waals surface area contributed by atoms with Crippen LogP contribution in [0, 0.1) is 0 Å². The zero-order valence-electron chi connectivity index (χ0n) is 19.0. The van der Waals surface area contributed by atoms with Crippen molar-refractivity contribution in [1.29, 1.82) is 0 Å². The quantitative estimate of drug-likeness (QED) is 0.489. The predicted molar refractivity (Wildman–Crippen MR) is 127 cm³/mol. The molecule has 1 amide bonds. The van der Waals surface area contributed by atoms with E-state index in [0.717, 1.165) is 54.7 Å². The Bertz CT molecular complexity index is 857. The fourth-order valence-corrected chi connectivity index (χ4v) is 4.29. The number of amides is 1. The van der Waals surface area contributed by atoms with Gasteiger partial charge in [-0.2, -0.15) is 0 Å². The summed E-state index contributed by atoms with van der Waals surface area (Å²) in [6.45, 7) is 7.52. The van der Waals surface area contributed by atoms with E-state index in [2.05, 4.69) is 51.3 Å². The highest BCUT2D eigenvalue weighted by Crippen LogP contribution is 2.20. The van der Waals surface area contributed by atoms with Crippen molar-refractivity contribution in [1.82, 2.24) is 19.8 Å². The van der Waals surface area contributed by atoms with Gasteiger partial charge in [0.1, 0.15) is 0 Å². The van der Waals surface area contributed by atoms with Crippen LogP contribution < -0.4 is 5.32 Å². The van der Waals surface area contributed by atoms with E-state index < -0.39 is 0 Å². The molecule has 0 aliphatic carbocycles. The van der Waals surface area contributed by atoms with Crippen LogP contribution in [0.4, 0.5) is 11.4 Å². The molecule has 0 unspecified atom stereocenters. The highest BCUT2D eigenvalue weighted by Gasteiger charge is 2.19. The number of hydrogen-bond acceptors (Lipinski definition) is 6. The second-order valence-electron chi connectivity index (χ2n) is 9.03. The van der Waals surface area contributed by atoms with Gasteiger partial charge in [0, 0.05) is 44.1 Å². The molecule has 2 aromatic carbocycles. The van der Waals surface area contributed by atoms with E-state index in [4.69, 9.17) is 0 Å². The topological polar surface area (TPSA) is 62.3 Å². The fraction of sp³-hybridized carbons (Fsp3) is 0.480. The summed E-state index contributed by atoms with van der Waals surface area (Å²) in [7, 11) is 2.08. The van der Waals surface area contributed by atoms with Gasteiger partial charge in [-0.05, 0) is 68.4 Å². The Morgan fingerprint density at radius 2 is 1.41 bits per heavy atom. The average molecular weight is 438 g/mol. The molecule has 32 heavy (non-hydrogen) atoms. The summed E-state index contributed by atoms with van der Waals surface area (Å²) in [4.78, 5) is 19.2. The number of anilines is 2. The molecule has 2 aliphatic rings. The molecule has 2 fully saturated rings. The Labute approximate surface area is 191 Å². The second kappa shape index (κ2) is 10.9. The predicted octanol–water partition coefficient (Wildman–Crippen LogP) is 2.99. The molecular formula is C25H35N5O2. The molecule has 2 N–H and O–H groups in total. The average Bonchev–Trinajstić information content (AvgIpc) is 3.31. The molecule has 0 aromatic heterocycles. The molecule has 0 atom stereocenters. The molecule has 0 radical (unpaired) electrons. The Hall–Kier alpha value is -2.45. The van der Waals surface area contributed by atoms with Gasteiger partial charge in [0.2, 0.25) is 0 Å². The second-order valence-corrected chi connectivity index (χ2v) is 9.03. The summed E-state index contributed by atoms with van der Waals surface area (Å²) in [6.07, 6.45) is 2.63. The monoisotopic (exact) mass is 437 g/mol. The van der Waals surface area contributed by atoms with Crippen molar-refractivity contribution in [2.45, 2.75) is 25.9 Å². The molecule has 0 spiro atoms. The number of hydroxylamine groups is 2. The lowest BCUT2D eigenvalue weighted by Gasteiger charge is -2.32. The van der Waals surface area contributed by atoms with E-state index in [1.165, 1.54) is 31.5 Å². The van der Waals surface area contributed by atoms with Gasteiger partial charge in [-0.15, -0.1) is 0 Å². The van der Waals surface area contributed by atoms with Crippen LogP contribution in [0.2, 0.25) is 0 Å². The van der Waals surface area contributed by atoms with E-state index in [1.54, 1.807) is 0 Å². The first-order valence-electron chi connectivity index (χ1n) is 11.6. The first kappa shape index (κ1) is 22.7. The molecule has 2 aliphatic heterocycles. The molecule has 7 nitrogen and oxygen atoms in total. The van der Waals surface area contributed by atoms with E-state index >= 15 is 0 Å². The summed E-state index contributed by atoms with van der Waals surface area (Å²) >= 11 is 0. The number of likely N-dealkylation sites (tertiary alicyclic amines) is 1. The number of benzene rings is 2. The van der Waals surface area contributed by atoms with E-state index in [1.807, 2.05) is 24.3 Å². The van der Waals surface area contributed by atoms with Gasteiger partial charge in [0.05, 0.1) is 13.1 Å². The summed E-state index contributed by atoms with van der Waals surface area (Å²) in [6, 6.07) is 16.4. The van der Waals surface area contributed by atoms with Gasteiger partial charge < -0.3 is 10.2 Å². The summed E-state index contributed by atoms with van der Waals surface area (Å²) in [5, 5.41) is 14.5. The molecular weight excluding hydrogens is 402 g/mol. The normalized spacial score (nSPS) is 18.1. The standard InChI is InChI=1S/C25H35N5O2/c1-27-14-16-29(17-15-27)20-25(31)30(32)19-22-6-10-24(11-7-22)26-23-8-4-21(5-9-23)18-28-12-2-3-13-28/h4-11,26,32H,2-3,12-20H2,1H3. The molecule has 2 aromatic rings. The number of nitrogens with one attached hydrogen (secondary N) is 1. The van der Waals surface area contributed by atoms with Crippen molar-refractivity contribution in [3.63, 3.8) is 0 Å². The van der Waals surface area contributed by atoms with Crippen LogP contribution in [0.5, 0.6) is 0 Å². The Morgan fingerprint density at radius 1 is 0.844 bits per heavy atom. The minimum Gasteiger partial charge on any atom is -0.356 e. The SMILES string of the molecule is CN1CCN(CC(=O)N(O)Cc2ccc(Nc3ccc(CN4CCCC4)cc3)cc2)CC1. The van der Waals surface area contributed by atoms with Crippen LogP contribution in [-0.2, 0) is 17.9 Å². The van der Waals surface area contributed by atoms with Gasteiger partial charge in [-0.1, -0.05) is 24.3 Å². The number of hydrogen-bond donors (Lipinski definition) is 2. The highest BCUT2D eigenvalue weighted by atomic mass is 16.5. The molecule has 7 heteroatoms. The number of carbonyl (C=O) groups excluding carboxylic acids is 1. The van der Waals surface area contributed by atoms with Crippen LogP contribution in [-0.4, -0.2) is 83.7 Å². The van der Waals surface area contributed by atoms with Crippen molar-refractivity contribution in [2.75, 3.05) is 58.2 Å². The van der Waals surface area contributed by atoms with Crippen molar-refractivity contribution in [2.24, 2.45) is 0 Å². The van der Waals surface area contributed by atoms with Crippen LogP contribution in [0.25, 0.3) is 0 Å². The number of nitrogens with zero attached hydrogens (tertiary/aromatic N) is 4. The van der Waals surface area contributed by atoms with Gasteiger partial charge in [0.25, 0.3) is 5.91 Å². The van der Waals surface area contributed by atoms with Crippen molar-refractivity contribution < 1.29 is 10.0 Å². The number of rotatable bonds is 8. The molecule has 172 valence electrons. The Morgan fingerprint density at radius 3 is 2.00 bits per heavy atom. The molecule has 2 heterocycles. The molecule has 2 saturated heterocycles.